The van der Waals surface area contributed by atoms with E-state index in [2.05, 4.69) is 16.6 Å². The fourth-order valence-corrected chi connectivity index (χ4v) is 0.648. The van der Waals surface area contributed by atoms with Crippen molar-refractivity contribution in [2.75, 3.05) is 6.61 Å². The molecule has 4 heteroatoms. The minimum Gasteiger partial charge on any atom is -0.657 e. The van der Waals surface area contributed by atoms with E-state index in [1.807, 2.05) is 0 Å². The smallest absolute Gasteiger partial charge is 0.481 e. The van der Waals surface area contributed by atoms with Gasteiger partial charge in [0.05, 0.1) is 17.9 Å². The van der Waals surface area contributed by atoms with Gasteiger partial charge >= 0.3 is 22.6 Å². The summed E-state index contributed by atoms with van der Waals surface area (Å²) in [4.78, 5) is 11.0. The Balaban J connectivity index is 4.22. The van der Waals surface area contributed by atoms with Crippen LogP contribution in [0.5, 0.6) is 0 Å². The van der Waals surface area contributed by atoms with Gasteiger partial charge in [-0.1, -0.05) is 0 Å². The molecule has 0 heterocycles. The minimum atomic E-state index is -0.326. The summed E-state index contributed by atoms with van der Waals surface area (Å²) in [5, 5.41) is 0. The van der Waals surface area contributed by atoms with Gasteiger partial charge in [-0.15, -0.1) is 0 Å². The predicted octanol–water partition coefficient (Wildman–Crippen LogP) is 0.944. The van der Waals surface area contributed by atoms with Crippen LogP contribution in [0.3, 0.4) is 0 Å². The highest BCUT2D eigenvalue weighted by Gasteiger charge is 2.07. The van der Waals surface area contributed by atoms with Gasteiger partial charge in [-0.2, -0.15) is 0 Å². The van der Waals surface area contributed by atoms with Crippen molar-refractivity contribution in [1.29, 1.82) is 0 Å². The van der Waals surface area contributed by atoms with Crippen LogP contribution in [-0.2, 0) is 13.3 Å². The predicted molar refractivity (Wildman–Crippen MR) is 41.8 cm³/mol. The normalized spacial score (nSPS) is 11.9. The topological polar surface area (TPSA) is 35.5 Å². The van der Waals surface area contributed by atoms with Crippen molar-refractivity contribution in [3.63, 3.8) is 0 Å². The maximum absolute atomic E-state index is 11.0. The van der Waals surface area contributed by atoms with Gasteiger partial charge in [0.2, 0.25) is 0 Å². The van der Waals surface area contributed by atoms with Crippen molar-refractivity contribution in [2.45, 2.75) is 20.8 Å². The van der Waals surface area contributed by atoms with Crippen molar-refractivity contribution in [1.82, 2.24) is 0 Å². The SMILES string of the molecule is CCOC(=O)/C(C)=C(/C)[O][Al]. The van der Waals surface area contributed by atoms with Crippen LogP contribution in [0.4, 0.5) is 0 Å². The molecule has 2 radical (unpaired) electrons. The Kier molecular flexibility index (Phi) is 5.01. The first-order valence-electron chi connectivity index (χ1n) is 3.34. The van der Waals surface area contributed by atoms with Crippen LogP contribution in [-0.4, -0.2) is 29.2 Å². The molecule has 0 unspecified atom stereocenters. The van der Waals surface area contributed by atoms with Crippen LogP contribution in [0.2, 0.25) is 0 Å². The van der Waals surface area contributed by atoms with E-state index in [4.69, 9.17) is 8.53 Å². The molecule has 0 aliphatic carbocycles. The summed E-state index contributed by atoms with van der Waals surface area (Å²) in [6, 6.07) is 0. The van der Waals surface area contributed by atoms with Gasteiger partial charge in [-0.25, -0.2) is 4.79 Å². The van der Waals surface area contributed by atoms with Crippen LogP contribution < -0.4 is 0 Å². The Hall–Kier alpha value is -0.458. The van der Waals surface area contributed by atoms with E-state index in [0.29, 0.717) is 17.9 Å². The van der Waals surface area contributed by atoms with Gasteiger partial charge in [0.1, 0.15) is 0 Å². The van der Waals surface area contributed by atoms with E-state index in [1.165, 1.54) is 0 Å². The molecule has 0 aliphatic rings. The number of rotatable bonds is 3. The zero-order valence-corrected chi connectivity index (χ0v) is 8.16. The fourth-order valence-electron chi connectivity index (χ4n) is 0.471. The van der Waals surface area contributed by atoms with Crippen LogP contribution in [0.25, 0.3) is 0 Å². The zero-order valence-electron chi connectivity index (χ0n) is 7.01. The molecule has 0 saturated carbocycles. The van der Waals surface area contributed by atoms with Crippen molar-refractivity contribution in [3.05, 3.63) is 11.3 Å². The third-order valence-electron chi connectivity index (χ3n) is 1.29. The first-order chi connectivity index (χ1) is 5.13. The third-order valence-corrected chi connectivity index (χ3v) is 1.64. The van der Waals surface area contributed by atoms with Crippen molar-refractivity contribution in [3.8, 4) is 0 Å². The van der Waals surface area contributed by atoms with Crippen LogP contribution >= 0.6 is 0 Å². The second-order valence-corrected chi connectivity index (χ2v) is 2.26. The summed E-state index contributed by atoms with van der Waals surface area (Å²) in [5.74, 6) is 0.237. The molecule has 3 nitrogen and oxygen atoms in total. The number of hydrogen-bond acceptors (Lipinski definition) is 3. The van der Waals surface area contributed by atoms with Gasteiger partial charge in [0.25, 0.3) is 0 Å². The van der Waals surface area contributed by atoms with E-state index in [9.17, 15) is 4.79 Å². The maximum Gasteiger partial charge on any atom is 0.481 e. The molecule has 0 atom stereocenters. The van der Waals surface area contributed by atoms with E-state index < -0.39 is 0 Å². The van der Waals surface area contributed by atoms with E-state index in [0.717, 1.165) is 0 Å². The monoisotopic (exact) mass is 170 g/mol. The Bertz CT molecular complexity index is 175. The molecule has 0 bridgehead atoms. The highest BCUT2D eigenvalue weighted by molar-refractivity contribution is 5.99. The van der Waals surface area contributed by atoms with Crippen molar-refractivity contribution < 1.29 is 13.3 Å². The maximum atomic E-state index is 11.0. The van der Waals surface area contributed by atoms with Crippen LogP contribution in [0, 0.1) is 0 Å². The molecule has 0 spiro atoms. The van der Waals surface area contributed by atoms with Gasteiger partial charge in [0, 0.05) is 0 Å². The molecule has 0 aliphatic heterocycles. The molecule has 0 fully saturated rings. The summed E-state index contributed by atoms with van der Waals surface area (Å²) in [7, 11) is 0. The number of carbonyl (C=O) groups excluding carboxylic acids is 1. The molecule has 0 rings (SSSR count). The molecule has 0 amide bonds. The summed E-state index contributed by atoms with van der Waals surface area (Å²) in [6.07, 6.45) is 0. The summed E-state index contributed by atoms with van der Waals surface area (Å²) in [5.41, 5.74) is 0.502. The third kappa shape index (κ3) is 3.45. The Labute approximate surface area is 75.1 Å². The second-order valence-electron chi connectivity index (χ2n) is 2.02. The number of hydrogen-bond donors (Lipinski definition) is 0. The molecule has 0 N–H and O–H groups in total. The Morgan fingerprint density at radius 1 is 1.45 bits per heavy atom. The number of esters is 1. The minimum absolute atomic E-state index is 0.326. The molecular weight excluding hydrogens is 159 g/mol. The highest BCUT2D eigenvalue weighted by Crippen LogP contribution is 2.04. The van der Waals surface area contributed by atoms with Crippen LogP contribution in [0.1, 0.15) is 20.8 Å². The fraction of sp³-hybridized carbons (Fsp3) is 0.571. The summed E-state index contributed by atoms with van der Waals surface area (Å²) in [6.45, 7) is 5.53. The lowest BCUT2D eigenvalue weighted by molar-refractivity contribution is -0.138. The zero-order chi connectivity index (χ0) is 8.85. The molecule has 0 aromatic rings. The Morgan fingerprint density at radius 2 is 2.00 bits per heavy atom. The standard InChI is InChI=1S/C7H12O3.Al/c1-4-10-7(9)5(2)6(3)8;/h8H,4H2,1-3H3;/q;+1/p-1/b6-5-;. The van der Waals surface area contributed by atoms with Crippen molar-refractivity contribution >= 4 is 22.6 Å². The molecule has 0 aromatic carbocycles. The van der Waals surface area contributed by atoms with Gasteiger partial charge in [-0.3, -0.25) is 0 Å². The molecule has 60 valence electrons. The quantitative estimate of drug-likeness (QED) is 0.274. The van der Waals surface area contributed by atoms with Gasteiger partial charge < -0.3 is 8.53 Å². The lowest BCUT2D eigenvalue weighted by Gasteiger charge is -2.07. The van der Waals surface area contributed by atoms with Gasteiger partial charge in [-0.05, 0) is 20.8 Å². The van der Waals surface area contributed by atoms with Gasteiger partial charge in [0.15, 0.2) is 0 Å². The Morgan fingerprint density at radius 3 is 2.36 bits per heavy atom. The van der Waals surface area contributed by atoms with Crippen LogP contribution in [0.15, 0.2) is 11.3 Å². The lowest BCUT2D eigenvalue weighted by atomic mass is 10.3. The second kappa shape index (κ2) is 5.23. The lowest BCUT2D eigenvalue weighted by Crippen LogP contribution is -2.07. The van der Waals surface area contributed by atoms with Crippen molar-refractivity contribution in [2.24, 2.45) is 0 Å². The first kappa shape index (κ1) is 10.5. The first-order valence-corrected chi connectivity index (χ1v) is 3.82. The highest BCUT2D eigenvalue weighted by atomic mass is 27.1. The number of allylic oxidation sites excluding steroid dienone is 1. The van der Waals surface area contributed by atoms with E-state index >= 15 is 0 Å². The molecule has 0 aromatic heterocycles. The summed E-state index contributed by atoms with van der Waals surface area (Å²) < 4.78 is 9.52. The molecular formula is C7H11AlO3. The average molecular weight is 170 g/mol. The van der Waals surface area contributed by atoms with E-state index in [1.54, 1.807) is 20.8 Å². The number of carbonyl (C=O) groups is 1. The van der Waals surface area contributed by atoms with E-state index in [-0.39, 0.29) is 5.97 Å². The number of ether oxygens (including phenoxy) is 1. The summed E-state index contributed by atoms with van der Waals surface area (Å²) >= 11 is 2.08. The average Bonchev–Trinajstić information content (AvgIpc) is 2.02. The molecule has 11 heavy (non-hydrogen) atoms. The molecule has 0 saturated heterocycles. The largest absolute Gasteiger partial charge is 0.657 e.